The Bertz CT molecular complexity index is 211. The van der Waals surface area contributed by atoms with Crippen LogP contribution in [-0.4, -0.2) is 3.42 Å². The summed E-state index contributed by atoms with van der Waals surface area (Å²) >= 11 is 2.61. The molecule has 0 aromatic heterocycles. The second kappa shape index (κ2) is 3.11. The second-order valence-electron chi connectivity index (χ2n) is 6.78. The first-order valence-electron chi connectivity index (χ1n) is 5.65. The van der Waals surface area contributed by atoms with E-state index in [4.69, 9.17) is 0 Å². The van der Waals surface area contributed by atoms with Gasteiger partial charge in [0.05, 0.1) is 0 Å². The maximum Gasteiger partial charge on any atom is 0.0222 e. The molecule has 0 aromatic rings. The highest BCUT2D eigenvalue weighted by Gasteiger charge is 2.60. The van der Waals surface area contributed by atoms with Crippen molar-refractivity contribution in [2.75, 3.05) is 0 Å². The average molecular weight is 308 g/mol. The maximum absolute atomic E-state index is 2.61. The molecule has 0 radical (unpaired) electrons. The Labute approximate surface area is 103 Å². The van der Waals surface area contributed by atoms with Gasteiger partial charge in [-0.05, 0) is 29.1 Å². The molecule has 84 valence electrons. The Morgan fingerprint density at radius 1 is 0.929 bits per heavy atom. The monoisotopic (exact) mass is 308 g/mol. The molecule has 0 unspecified atom stereocenters. The summed E-state index contributed by atoms with van der Waals surface area (Å²) in [4.78, 5) is 0. The molecular weight excluding hydrogens is 283 g/mol. The lowest BCUT2D eigenvalue weighted by Gasteiger charge is -2.53. The van der Waals surface area contributed by atoms with Crippen LogP contribution in [0.2, 0.25) is 0 Å². The molecule has 0 heterocycles. The van der Waals surface area contributed by atoms with E-state index in [2.05, 4.69) is 71.1 Å². The van der Waals surface area contributed by atoms with Gasteiger partial charge in [0.2, 0.25) is 0 Å². The van der Waals surface area contributed by atoms with Crippen molar-refractivity contribution in [2.45, 2.75) is 64.7 Å². The van der Waals surface area contributed by atoms with Crippen LogP contribution in [0.1, 0.15) is 61.3 Å². The minimum atomic E-state index is 0.347. The van der Waals surface area contributed by atoms with Gasteiger partial charge in [0.15, 0.2) is 0 Å². The molecule has 1 rings (SSSR count). The fourth-order valence-electron chi connectivity index (χ4n) is 2.31. The minimum absolute atomic E-state index is 0.347. The molecule has 0 spiro atoms. The Morgan fingerprint density at radius 3 is 1.50 bits per heavy atom. The van der Waals surface area contributed by atoms with Crippen molar-refractivity contribution >= 4 is 22.6 Å². The third-order valence-electron chi connectivity index (χ3n) is 5.56. The van der Waals surface area contributed by atoms with Gasteiger partial charge in [0, 0.05) is 3.42 Å². The highest BCUT2D eigenvalue weighted by molar-refractivity contribution is 14.1. The standard InChI is InChI=1S/C13H25I/c1-10(2,12(5,6)14)11(3,4)13(7)8-9-13/h8-9H2,1-7H3. The lowest BCUT2D eigenvalue weighted by atomic mass is 9.55. The van der Waals surface area contributed by atoms with Crippen molar-refractivity contribution in [3.63, 3.8) is 0 Å². The summed E-state index contributed by atoms with van der Waals surface area (Å²) in [6.45, 7) is 17.0. The highest BCUT2D eigenvalue weighted by atomic mass is 127. The Kier molecular flexibility index (Phi) is 2.85. The molecule has 1 aliphatic carbocycles. The van der Waals surface area contributed by atoms with E-state index in [1.165, 1.54) is 12.8 Å². The molecule has 1 heteroatoms. The van der Waals surface area contributed by atoms with Crippen molar-refractivity contribution in [3.8, 4) is 0 Å². The molecule has 0 nitrogen and oxygen atoms in total. The lowest BCUT2D eigenvalue weighted by molar-refractivity contribution is 0.0127. The molecule has 0 bridgehead atoms. The van der Waals surface area contributed by atoms with E-state index in [-0.39, 0.29) is 0 Å². The summed E-state index contributed by atoms with van der Waals surface area (Å²) in [5.41, 5.74) is 1.37. The van der Waals surface area contributed by atoms with Crippen LogP contribution in [0.25, 0.3) is 0 Å². The maximum atomic E-state index is 2.61. The molecule has 14 heavy (non-hydrogen) atoms. The van der Waals surface area contributed by atoms with E-state index in [0.717, 1.165) is 0 Å². The third-order valence-corrected chi connectivity index (χ3v) is 6.91. The smallest absolute Gasteiger partial charge is 0.0222 e. The zero-order valence-electron chi connectivity index (χ0n) is 10.8. The zero-order chi connectivity index (χ0) is 11.4. The molecule has 0 aromatic carbocycles. The summed E-state index contributed by atoms with van der Waals surface area (Å²) < 4.78 is 0.347. The van der Waals surface area contributed by atoms with E-state index >= 15 is 0 Å². The van der Waals surface area contributed by atoms with Crippen LogP contribution < -0.4 is 0 Å². The van der Waals surface area contributed by atoms with Crippen molar-refractivity contribution < 1.29 is 0 Å². The summed E-state index contributed by atoms with van der Waals surface area (Å²) in [5, 5.41) is 0. The molecule has 1 fully saturated rings. The Hall–Kier alpha value is 0.730. The zero-order valence-corrected chi connectivity index (χ0v) is 12.9. The van der Waals surface area contributed by atoms with Gasteiger partial charge in [-0.1, -0.05) is 71.1 Å². The average Bonchev–Trinajstić information content (AvgIpc) is 2.66. The van der Waals surface area contributed by atoms with Crippen LogP contribution in [-0.2, 0) is 0 Å². The van der Waals surface area contributed by atoms with Gasteiger partial charge in [-0.25, -0.2) is 0 Å². The quantitative estimate of drug-likeness (QED) is 0.505. The fourth-order valence-corrected chi connectivity index (χ4v) is 2.98. The van der Waals surface area contributed by atoms with E-state index < -0.39 is 0 Å². The first-order chi connectivity index (χ1) is 5.96. The van der Waals surface area contributed by atoms with Gasteiger partial charge >= 0.3 is 0 Å². The van der Waals surface area contributed by atoms with Crippen molar-refractivity contribution in [2.24, 2.45) is 16.2 Å². The van der Waals surface area contributed by atoms with Gasteiger partial charge in [-0.15, -0.1) is 0 Å². The lowest BCUT2D eigenvalue weighted by Crippen LogP contribution is -2.49. The molecule has 0 N–H and O–H groups in total. The van der Waals surface area contributed by atoms with Crippen LogP contribution >= 0.6 is 22.6 Å². The SMILES string of the molecule is CC(C)(I)C(C)(C)C(C)(C)C1(C)CC1. The molecule has 0 saturated heterocycles. The normalized spacial score (nSPS) is 22.3. The molecule has 0 aliphatic heterocycles. The number of rotatable bonds is 3. The van der Waals surface area contributed by atoms with Crippen LogP contribution in [0.15, 0.2) is 0 Å². The summed E-state index contributed by atoms with van der Waals surface area (Å²) in [5.74, 6) is 0. The largest absolute Gasteiger partial charge is 0.0789 e. The second-order valence-corrected chi connectivity index (χ2v) is 9.48. The van der Waals surface area contributed by atoms with Crippen LogP contribution in [0.3, 0.4) is 0 Å². The Balaban J connectivity index is 3.03. The highest BCUT2D eigenvalue weighted by Crippen LogP contribution is 2.67. The van der Waals surface area contributed by atoms with E-state index in [1.807, 2.05) is 0 Å². The van der Waals surface area contributed by atoms with Gasteiger partial charge < -0.3 is 0 Å². The molecule has 0 atom stereocenters. The summed E-state index contributed by atoms with van der Waals surface area (Å²) in [6.07, 6.45) is 2.83. The molecule has 1 aliphatic rings. The number of hydrogen-bond donors (Lipinski definition) is 0. The predicted octanol–water partition coefficient (Wildman–Crippen LogP) is 5.05. The predicted molar refractivity (Wildman–Crippen MR) is 73.0 cm³/mol. The molecule has 1 saturated carbocycles. The summed E-state index contributed by atoms with van der Waals surface area (Å²) in [6, 6.07) is 0. The fraction of sp³-hybridized carbons (Fsp3) is 1.00. The van der Waals surface area contributed by atoms with Crippen LogP contribution in [0, 0.1) is 16.2 Å². The topological polar surface area (TPSA) is 0 Å². The van der Waals surface area contributed by atoms with Crippen molar-refractivity contribution in [3.05, 3.63) is 0 Å². The molecule has 0 amide bonds. The van der Waals surface area contributed by atoms with Crippen molar-refractivity contribution in [1.29, 1.82) is 0 Å². The van der Waals surface area contributed by atoms with Gasteiger partial charge in [-0.2, -0.15) is 0 Å². The van der Waals surface area contributed by atoms with Crippen LogP contribution in [0.5, 0.6) is 0 Å². The molecular formula is C13H25I. The third kappa shape index (κ3) is 1.64. The van der Waals surface area contributed by atoms with Gasteiger partial charge in [0.25, 0.3) is 0 Å². The number of alkyl halides is 1. The Morgan fingerprint density at radius 2 is 1.29 bits per heavy atom. The van der Waals surface area contributed by atoms with E-state index in [1.54, 1.807) is 0 Å². The number of hydrogen-bond acceptors (Lipinski definition) is 0. The number of halogens is 1. The first-order valence-corrected chi connectivity index (χ1v) is 6.72. The van der Waals surface area contributed by atoms with Gasteiger partial charge in [0.1, 0.15) is 0 Å². The van der Waals surface area contributed by atoms with E-state index in [0.29, 0.717) is 19.7 Å². The van der Waals surface area contributed by atoms with Crippen molar-refractivity contribution in [1.82, 2.24) is 0 Å². The first kappa shape index (κ1) is 12.8. The van der Waals surface area contributed by atoms with Gasteiger partial charge in [-0.3, -0.25) is 0 Å². The summed E-state index contributed by atoms with van der Waals surface area (Å²) in [7, 11) is 0. The van der Waals surface area contributed by atoms with E-state index in [9.17, 15) is 0 Å². The minimum Gasteiger partial charge on any atom is -0.0789 e. The van der Waals surface area contributed by atoms with Crippen LogP contribution in [0.4, 0.5) is 0 Å².